The zero-order valence-electron chi connectivity index (χ0n) is 11.1. The maximum atomic E-state index is 5.18. The molecule has 6 heteroatoms. The molecule has 0 aliphatic rings. The Morgan fingerprint density at radius 2 is 1.76 bits per heavy atom. The molecule has 2 aromatic carbocycles. The first-order valence-electron chi connectivity index (χ1n) is 6.20. The van der Waals surface area contributed by atoms with Crippen LogP contribution >= 0.6 is 31.9 Å². The molecule has 0 bridgehead atoms. The predicted octanol–water partition coefficient (Wildman–Crippen LogP) is 4.91. The van der Waals surface area contributed by atoms with Crippen molar-refractivity contribution >= 4 is 54.3 Å². The fourth-order valence-corrected chi connectivity index (χ4v) is 2.88. The molecule has 0 aliphatic heterocycles. The van der Waals surface area contributed by atoms with Crippen LogP contribution in [0.15, 0.2) is 51.5 Å². The Bertz CT molecular complexity index is 808. The van der Waals surface area contributed by atoms with Gasteiger partial charge in [-0.25, -0.2) is 4.98 Å². The Morgan fingerprint density at radius 3 is 2.52 bits per heavy atom. The van der Waals surface area contributed by atoms with Gasteiger partial charge < -0.3 is 10.1 Å². The summed E-state index contributed by atoms with van der Waals surface area (Å²) in [7, 11) is 1.58. The van der Waals surface area contributed by atoms with Gasteiger partial charge in [0, 0.05) is 15.5 Å². The number of benzene rings is 2. The zero-order valence-corrected chi connectivity index (χ0v) is 14.3. The molecule has 1 heterocycles. The molecule has 0 saturated heterocycles. The second-order valence-electron chi connectivity index (χ2n) is 4.32. The van der Waals surface area contributed by atoms with Crippen LogP contribution in [0.4, 0.5) is 11.6 Å². The van der Waals surface area contributed by atoms with Gasteiger partial charge in [-0.3, -0.25) is 0 Å². The molecular formula is C15H11Br2N3O. The number of rotatable bonds is 3. The highest BCUT2D eigenvalue weighted by molar-refractivity contribution is 9.11. The fraction of sp³-hybridized carbons (Fsp3) is 0.0667. The first-order valence-corrected chi connectivity index (χ1v) is 7.78. The molecule has 0 fully saturated rings. The average Bonchev–Trinajstić information content (AvgIpc) is 2.52. The van der Waals surface area contributed by atoms with Gasteiger partial charge in [0.2, 0.25) is 11.8 Å². The van der Waals surface area contributed by atoms with Crippen LogP contribution in [0.2, 0.25) is 0 Å². The van der Waals surface area contributed by atoms with E-state index in [0.29, 0.717) is 11.8 Å². The topological polar surface area (TPSA) is 47.0 Å². The second-order valence-corrected chi connectivity index (χ2v) is 6.03. The largest absolute Gasteiger partial charge is 0.480 e. The van der Waals surface area contributed by atoms with E-state index in [2.05, 4.69) is 59.3 Å². The van der Waals surface area contributed by atoms with Crippen LogP contribution in [0.3, 0.4) is 0 Å². The van der Waals surface area contributed by atoms with E-state index < -0.39 is 0 Å². The lowest BCUT2D eigenvalue weighted by molar-refractivity contribution is 0.394. The van der Waals surface area contributed by atoms with Gasteiger partial charge in [-0.1, -0.05) is 40.2 Å². The van der Waals surface area contributed by atoms with E-state index in [0.717, 1.165) is 25.4 Å². The second kappa shape index (κ2) is 5.99. The van der Waals surface area contributed by atoms with Crippen molar-refractivity contribution in [3.63, 3.8) is 0 Å². The zero-order chi connectivity index (χ0) is 14.8. The van der Waals surface area contributed by atoms with Gasteiger partial charge in [0.15, 0.2) is 0 Å². The predicted molar refractivity (Wildman–Crippen MR) is 91.2 cm³/mol. The smallest absolute Gasteiger partial charge is 0.232 e. The SMILES string of the molecule is COc1nc(Nc2ccc(Br)c3ccccc23)ncc1Br. The molecule has 0 atom stereocenters. The van der Waals surface area contributed by atoms with E-state index in [9.17, 15) is 0 Å². The van der Waals surface area contributed by atoms with Gasteiger partial charge in [0.1, 0.15) is 0 Å². The molecule has 3 rings (SSSR count). The minimum atomic E-state index is 0.488. The third-order valence-electron chi connectivity index (χ3n) is 3.02. The molecule has 4 nitrogen and oxygen atoms in total. The number of anilines is 2. The van der Waals surface area contributed by atoms with Gasteiger partial charge in [0.05, 0.1) is 17.8 Å². The number of fused-ring (bicyclic) bond motifs is 1. The molecule has 0 aliphatic carbocycles. The van der Waals surface area contributed by atoms with Crippen LogP contribution < -0.4 is 10.1 Å². The monoisotopic (exact) mass is 407 g/mol. The summed E-state index contributed by atoms with van der Waals surface area (Å²) in [5.41, 5.74) is 0.943. The molecule has 0 saturated carbocycles. The van der Waals surface area contributed by atoms with E-state index in [4.69, 9.17) is 4.74 Å². The van der Waals surface area contributed by atoms with Gasteiger partial charge in [-0.2, -0.15) is 4.98 Å². The molecule has 0 radical (unpaired) electrons. The lowest BCUT2D eigenvalue weighted by Crippen LogP contribution is -2.00. The van der Waals surface area contributed by atoms with Crippen molar-refractivity contribution in [1.29, 1.82) is 0 Å². The summed E-state index contributed by atoms with van der Waals surface area (Å²) < 4.78 is 6.96. The van der Waals surface area contributed by atoms with Crippen molar-refractivity contribution in [3.05, 3.63) is 51.5 Å². The maximum absolute atomic E-state index is 5.18. The highest BCUT2D eigenvalue weighted by atomic mass is 79.9. The van der Waals surface area contributed by atoms with E-state index in [1.165, 1.54) is 0 Å². The van der Waals surface area contributed by atoms with E-state index in [-0.39, 0.29) is 0 Å². The standard InChI is InChI=1S/C15H11Br2N3O/c1-21-14-12(17)8-18-15(20-14)19-13-7-6-11(16)9-4-2-3-5-10(9)13/h2-8H,1H3,(H,18,19,20). The third kappa shape index (κ3) is 2.87. The average molecular weight is 409 g/mol. The first-order chi connectivity index (χ1) is 10.2. The lowest BCUT2D eigenvalue weighted by atomic mass is 10.1. The molecule has 0 spiro atoms. The summed E-state index contributed by atoms with van der Waals surface area (Å²) in [5, 5.41) is 5.46. The molecule has 21 heavy (non-hydrogen) atoms. The van der Waals surface area contributed by atoms with E-state index in [1.54, 1.807) is 13.3 Å². The number of hydrogen-bond donors (Lipinski definition) is 1. The van der Waals surface area contributed by atoms with Gasteiger partial charge in [-0.05, 0) is 33.4 Å². The van der Waals surface area contributed by atoms with Crippen molar-refractivity contribution in [2.75, 3.05) is 12.4 Å². The molecular weight excluding hydrogens is 398 g/mol. The van der Waals surface area contributed by atoms with E-state index in [1.807, 2.05) is 24.3 Å². The molecule has 1 aromatic heterocycles. The molecule has 0 unspecified atom stereocenters. The summed E-state index contributed by atoms with van der Waals surface area (Å²) in [6.45, 7) is 0. The van der Waals surface area contributed by atoms with Crippen molar-refractivity contribution in [2.45, 2.75) is 0 Å². The number of methoxy groups -OCH3 is 1. The summed E-state index contributed by atoms with van der Waals surface area (Å²) in [5.74, 6) is 0.983. The number of nitrogens with one attached hydrogen (secondary N) is 1. The number of nitrogens with zero attached hydrogens (tertiary/aromatic N) is 2. The minimum absolute atomic E-state index is 0.488. The van der Waals surface area contributed by atoms with Crippen molar-refractivity contribution in [3.8, 4) is 5.88 Å². The Hall–Kier alpha value is -1.66. The molecule has 1 N–H and O–H groups in total. The minimum Gasteiger partial charge on any atom is -0.480 e. The summed E-state index contributed by atoms with van der Waals surface area (Å²) in [6, 6.07) is 12.1. The summed E-state index contributed by atoms with van der Waals surface area (Å²) in [6.07, 6.45) is 1.66. The van der Waals surface area contributed by atoms with Crippen LogP contribution in [0, 0.1) is 0 Å². The van der Waals surface area contributed by atoms with Crippen molar-refractivity contribution < 1.29 is 4.74 Å². The number of ether oxygens (including phenoxy) is 1. The summed E-state index contributed by atoms with van der Waals surface area (Å²) >= 11 is 6.90. The third-order valence-corrected chi connectivity index (χ3v) is 4.26. The lowest BCUT2D eigenvalue weighted by Gasteiger charge is -2.10. The molecule has 3 aromatic rings. The normalized spacial score (nSPS) is 10.6. The summed E-state index contributed by atoms with van der Waals surface area (Å²) in [4.78, 5) is 8.56. The highest BCUT2D eigenvalue weighted by Gasteiger charge is 2.08. The first kappa shape index (κ1) is 14.3. The number of halogens is 2. The Labute approximate surface area is 138 Å². The maximum Gasteiger partial charge on any atom is 0.232 e. The van der Waals surface area contributed by atoms with Crippen LogP contribution in [-0.2, 0) is 0 Å². The van der Waals surface area contributed by atoms with Crippen LogP contribution in [-0.4, -0.2) is 17.1 Å². The number of aromatic nitrogens is 2. The van der Waals surface area contributed by atoms with Crippen LogP contribution in [0.25, 0.3) is 10.8 Å². The highest BCUT2D eigenvalue weighted by Crippen LogP contribution is 2.31. The Balaban J connectivity index is 2.04. The molecule has 0 amide bonds. The number of hydrogen-bond acceptors (Lipinski definition) is 4. The Kier molecular flexibility index (Phi) is 4.07. The fourth-order valence-electron chi connectivity index (χ4n) is 2.05. The van der Waals surface area contributed by atoms with Gasteiger partial charge >= 0.3 is 0 Å². The van der Waals surface area contributed by atoms with E-state index >= 15 is 0 Å². The van der Waals surface area contributed by atoms with Gasteiger partial charge in [-0.15, -0.1) is 0 Å². The van der Waals surface area contributed by atoms with Crippen molar-refractivity contribution in [1.82, 2.24) is 9.97 Å². The van der Waals surface area contributed by atoms with Crippen LogP contribution in [0.1, 0.15) is 0 Å². The quantitative estimate of drug-likeness (QED) is 0.668. The van der Waals surface area contributed by atoms with Crippen LogP contribution in [0.5, 0.6) is 5.88 Å². The van der Waals surface area contributed by atoms with Gasteiger partial charge in [0.25, 0.3) is 0 Å². The van der Waals surface area contributed by atoms with Crippen molar-refractivity contribution in [2.24, 2.45) is 0 Å². The Morgan fingerprint density at radius 1 is 1.00 bits per heavy atom. The molecule has 106 valence electrons.